The summed E-state index contributed by atoms with van der Waals surface area (Å²) in [5.74, 6) is 0.841. The van der Waals surface area contributed by atoms with Crippen molar-refractivity contribution in [2.24, 2.45) is 0 Å². The molecule has 6 heteroatoms. The van der Waals surface area contributed by atoms with Crippen LogP contribution in [0.5, 0.6) is 0 Å². The van der Waals surface area contributed by atoms with Gasteiger partial charge in [-0.15, -0.1) is 0 Å². The lowest BCUT2D eigenvalue weighted by molar-refractivity contribution is 0.717. The zero-order chi connectivity index (χ0) is 13.0. The molecule has 0 saturated heterocycles. The minimum Gasteiger partial charge on any atom is -0.313 e. The Kier molecular flexibility index (Phi) is 5.17. The first-order valence-corrected chi connectivity index (χ1v) is 8.04. The van der Waals surface area contributed by atoms with E-state index in [0.29, 0.717) is 0 Å². The van der Waals surface area contributed by atoms with E-state index < -0.39 is 0 Å². The maximum Gasteiger partial charge on any atom is 0.174 e. The molecular weight excluding hydrogens is 330 g/mol. The second kappa shape index (κ2) is 6.65. The van der Waals surface area contributed by atoms with E-state index in [1.165, 1.54) is 22.0 Å². The lowest BCUT2D eigenvalue weighted by Crippen LogP contribution is -2.12. The molecule has 0 amide bonds. The second-order valence-corrected chi connectivity index (χ2v) is 6.70. The van der Waals surface area contributed by atoms with E-state index in [9.17, 15) is 0 Å². The normalized spacial score (nSPS) is 10.8. The molecule has 0 aliphatic rings. The molecule has 0 atom stereocenters. The van der Waals surface area contributed by atoms with Gasteiger partial charge in [0.2, 0.25) is 0 Å². The fourth-order valence-electron chi connectivity index (χ4n) is 1.46. The highest BCUT2D eigenvalue weighted by molar-refractivity contribution is 9.10. The summed E-state index contributed by atoms with van der Waals surface area (Å²) in [5, 5.41) is 3.36. The van der Waals surface area contributed by atoms with Gasteiger partial charge in [0.05, 0.1) is 0 Å². The smallest absolute Gasteiger partial charge is 0.174 e. The Morgan fingerprint density at radius 3 is 2.94 bits per heavy atom. The summed E-state index contributed by atoms with van der Waals surface area (Å²) in [4.78, 5) is 5.62. The number of rotatable bonds is 5. The van der Waals surface area contributed by atoms with Crippen LogP contribution < -0.4 is 5.32 Å². The van der Waals surface area contributed by atoms with E-state index in [1.807, 2.05) is 6.92 Å². The molecule has 18 heavy (non-hydrogen) atoms. The van der Waals surface area contributed by atoms with Gasteiger partial charge in [0.25, 0.3) is 0 Å². The highest BCUT2D eigenvalue weighted by atomic mass is 79.9. The molecule has 96 valence electrons. The molecule has 0 radical (unpaired) electrons. The van der Waals surface area contributed by atoms with Gasteiger partial charge in [0.1, 0.15) is 5.82 Å². The number of benzene rings is 1. The van der Waals surface area contributed by atoms with Gasteiger partial charge < -0.3 is 5.32 Å². The van der Waals surface area contributed by atoms with Gasteiger partial charge in [0.15, 0.2) is 4.34 Å². The van der Waals surface area contributed by atoms with Crippen LogP contribution >= 0.6 is 39.2 Å². The van der Waals surface area contributed by atoms with Crippen molar-refractivity contribution in [3.63, 3.8) is 0 Å². The van der Waals surface area contributed by atoms with Crippen molar-refractivity contribution in [3.05, 3.63) is 34.1 Å². The molecule has 0 fully saturated rings. The summed E-state index contributed by atoms with van der Waals surface area (Å²) in [6.07, 6.45) is 0. The third-order valence-corrected chi connectivity index (χ3v) is 4.75. The Labute approximate surface area is 124 Å². The first-order valence-electron chi connectivity index (χ1n) is 5.66. The first-order chi connectivity index (χ1) is 8.69. The molecule has 2 aromatic rings. The zero-order valence-electron chi connectivity index (χ0n) is 10.2. The SMILES string of the molecule is CCNCc1cc(Br)ccc1Sc1nc(C)ns1. The first kappa shape index (κ1) is 14.0. The molecule has 0 aliphatic heterocycles. The molecule has 1 aromatic carbocycles. The second-order valence-electron chi connectivity index (χ2n) is 3.74. The minimum atomic E-state index is 0.841. The number of aryl methyl sites for hydroxylation is 1. The summed E-state index contributed by atoms with van der Waals surface area (Å²) in [6, 6.07) is 6.34. The van der Waals surface area contributed by atoms with Crippen LogP contribution in [-0.2, 0) is 6.54 Å². The third kappa shape index (κ3) is 3.78. The van der Waals surface area contributed by atoms with Gasteiger partial charge >= 0.3 is 0 Å². The summed E-state index contributed by atoms with van der Waals surface area (Å²) < 4.78 is 6.30. The number of hydrogen-bond acceptors (Lipinski definition) is 5. The molecule has 0 aliphatic carbocycles. The topological polar surface area (TPSA) is 37.8 Å². The van der Waals surface area contributed by atoms with Crippen LogP contribution in [0.3, 0.4) is 0 Å². The van der Waals surface area contributed by atoms with E-state index in [4.69, 9.17) is 0 Å². The van der Waals surface area contributed by atoms with E-state index in [0.717, 1.165) is 27.7 Å². The summed E-state index contributed by atoms with van der Waals surface area (Å²) >= 11 is 6.64. The maximum absolute atomic E-state index is 4.39. The van der Waals surface area contributed by atoms with Crippen LogP contribution in [0, 0.1) is 6.92 Å². The van der Waals surface area contributed by atoms with Gasteiger partial charge in [-0.05, 0) is 48.8 Å². The van der Waals surface area contributed by atoms with Crippen molar-refractivity contribution in [1.29, 1.82) is 0 Å². The fraction of sp³-hybridized carbons (Fsp3) is 0.333. The molecule has 0 saturated carbocycles. The minimum absolute atomic E-state index is 0.841. The summed E-state index contributed by atoms with van der Waals surface area (Å²) in [5.41, 5.74) is 1.28. The number of nitrogens with zero attached hydrogens (tertiary/aromatic N) is 2. The van der Waals surface area contributed by atoms with Crippen LogP contribution in [0.2, 0.25) is 0 Å². The van der Waals surface area contributed by atoms with Gasteiger partial charge in [-0.3, -0.25) is 0 Å². The van der Waals surface area contributed by atoms with Crippen molar-refractivity contribution >= 4 is 39.2 Å². The quantitative estimate of drug-likeness (QED) is 0.894. The summed E-state index contributed by atoms with van der Waals surface area (Å²) in [7, 11) is 0. The van der Waals surface area contributed by atoms with Crippen molar-refractivity contribution < 1.29 is 0 Å². The number of nitrogens with one attached hydrogen (secondary N) is 1. The third-order valence-electron chi connectivity index (χ3n) is 2.29. The number of aromatic nitrogens is 2. The molecule has 0 bridgehead atoms. The molecule has 1 aromatic heterocycles. The van der Waals surface area contributed by atoms with Gasteiger partial charge in [-0.2, -0.15) is 4.37 Å². The van der Waals surface area contributed by atoms with Crippen LogP contribution in [0.4, 0.5) is 0 Å². The average Bonchev–Trinajstić information content (AvgIpc) is 2.75. The Bertz CT molecular complexity index is 528. The molecular formula is C12H14BrN3S2. The number of hydrogen-bond donors (Lipinski definition) is 1. The fourth-order valence-corrected chi connectivity index (χ4v) is 3.59. The molecule has 0 unspecified atom stereocenters. The van der Waals surface area contributed by atoms with E-state index in [-0.39, 0.29) is 0 Å². The Morgan fingerprint density at radius 1 is 1.44 bits per heavy atom. The number of halogens is 1. The molecule has 2 rings (SSSR count). The lowest BCUT2D eigenvalue weighted by atomic mass is 10.2. The summed E-state index contributed by atoms with van der Waals surface area (Å²) in [6.45, 7) is 5.87. The standard InChI is InChI=1S/C12H14BrN3S2/c1-3-14-7-9-6-10(13)4-5-11(9)17-12-15-8(2)16-18-12/h4-6,14H,3,7H2,1-2H3. The van der Waals surface area contributed by atoms with Crippen molar-refractivity contribution in [2.75, 3.05) is 6.54 Å². The van der Waals surface area contributed by atoms with E-state index in [2.05, 4.69) is 55.7 Å². The van der Waals surface area contributed by atoms with Crippen molar-refractivity contribution in [3.8, 4) is 0 Å². The molecule has 1 heterocycles. The maximum atomic E-state index is 4.39. The highest BCUT2D eigenvalue weighted by Crippen LogP contribution is 2.33. The van der Waals surface area contributed by atoms with Crippen molar-refractivity contribution in [2.45, 2.75) is 29.6 Å². The highest BCUT2D eigenvalue weighted by Gasteiger charge is 2.08. The van der Waals surface area contributed by atoms with Gasteiger partial charge in [-0.25, -0.2) is 4.98 Å². The largest absolute Gasteiger partial charge is 0.313 e. The predicted octanol–water partition coefficient (Wildman–Crippen LogP) is 3.87. The average molecular weight is 344 g/mol. The lowest BCUT2D eigenvalue weighted by Gasteiger charge is -2.08. The molecule has 3 nitrogen and oxygen atoms in total. The Balaban J connectivity index is 2.20. The zero-order valence-corrected chi connectivity index (χ0v) is 13.5. The Morgan fingerprint density at radius 2 is 2.28 bits per heavy atom. The molecule has 1 N–H and O–H groups in total. The molecule has 0 spiro atoms. The monoisotopic (exact) mass is 343 g/mol. The van der Waals surface area contributed by atoms with E-state index >= 15 is 0 Å². The Hall–Kier alpha value is -0.430. The van der Waals surface area contributed by atoms with E-state index in [1.54, 1.807) is 11.8 Å². The van der Waals surface area contributed by atoms with Crippen LogP contribution in [0.1, 0.15) is 18.3 Å². The van der Waals surface area contributed by atoms with Crippen LogP contribution in [-0.4, -0.2) is 15.9 Å². The predicted molar refractivity (Wildman–Crippen MR) is 80.3 cm³/mol. The van der Waals surface area contributed by atoms with Crippen LogP contribution in [0.15, 0.2) is 31.9 Å². The van der Waals surface area contributed by atoms with Crippen molar-refractivity contribution in [1.82, 2.24) is 14.7 Å². The van der Waals surface area contributed by atoms with Gasteiger partial charge in [-0.1, -0.05) is 34.6 Å². The van der Waals surface area contributed by atoms with Crippen LogP contribution in [0.25, 0.3) is 0 Å². The van der Waals surface area contributed by atoms with Gasteiger partial charge in [0, 0.05) is 15.9 Å².